The molecule has 0 saturated carbocycles. The molecule has 0 aliphatic carbocycles. The van der Waals surface area contributed by atoms with Gasteiger partial charge in [-0.05, 0) is 37.0 Å². The maximum Gasteiger partial charge on any atom is 0.228 e. The highest BCUT2D eigenvalue weighted by Crippen LogP contribution is 2.28. The van der Waals surface area contributed by atoms with E-state index in [-0.39, 0.29) is 36.0 Å². The molecule has 0 bridgehead atoms. The highest BCUT2D eigenvalue weighted by atomic mass is 16.2. The van der Waals surface area contributed by atoms with Gasteiger partial charge < -0.3 is 15.5 Å². The minimum Gasteiger partial charge on any atom is -0.369 e. The van der Waals surface area contributed by atoms with E-state index in [1.165, 1.54) is 5.56 Å². The van der Waals surface area contributed by atoms with Gasteiger partial charge in [-0.1, -0.05) is 19.1 Å². The van der Waals surface area contributed by atoms with Gasteiger partial charge in [0.05, 0.1) is 5.92 Å². The number of carbonyl (C=O) groups is 3. The summed E-state index contributed by atoms with van der Waals surface area (Å²) in [6.07, 6.45) is 2.44. The van der Waals surface area contributed by atoms with Crippen molar-refractivity contribution < 1.29 is 14.4 Å². The van der Waals surface area contributed by atoms with Gasteiger partial charge in [0, 0.05) is 37.7 Å². The van der Waals surface area contributed by atoms with Crippen molar-refractivity contribution in [1.82, 2.24) is 4.90 Å². The lowest BCUT2D eigenvalue weighted by Crippen LogP contribution is -2.44. The average molecular weight is 343 g/mol. The lowest BCUT2D eigenvalue weighted by atomic mass is 9.95. The summed E-state index contributed by atoms with van der Waals surface area (Å²) in [6.45, 7) is 3.61. The SMILES string of the molecule is CCc1ccc(N2C[C@H](C(=O)N3CCC(C(N)=O)CC3)CC2=O)cc1. The standard InChI is InChI=1S/C19H25N3O3/c1-2-13-3-5-16(6-4-13)22-12-15(11-17(22)23)19(25)21-9-7-14(8-10-21)18(20)24/h3-6,14-15H,2,7-12H2,1H3,(H2,20,24)/t15-/m1/s1. The molecular weight excluding hydrogens is 318 g/mol. The molecule has 3 amide bonds. The molecule has 1 aromatic carbocycles. The summed E-state index contributed by atoms with van der Waals surface area (Å²) in [5.74, 6) is -0.713. The number of aryl methyl sites for hydroxylation is 1. The molecule has 1 aromatic rings. The maximum absolute atomic E-state index is 12.7. The number of primary amides is 1. The predicted octanol–water partition coefficient (Wildman–Crippen LogP) is 1.33. The Balaban J connectivity index is 1.62. The second-order valence-corrected chi connectivity index (χ2v) is 6.93. The predicted molar refractivity (Wildman–Crippen MR) is 94.8 cm³/mol. The number of likely N-dealkylation sites (tertiary alicyclic amines) is 1. The number of nitrogens with zero attached hydrogens (tertiary/aromatic N) is 2. The molecule has 1 atom stereocenters. The molecule has 6 heteroatoms. The molecule has 2 heterocycles. The van der Waals surface area contributed by atoms with Crippen LogP contribution in [0.5, 0.6) is 0 Å². The van der Waals surface area contributed by atoms with E-state index in [0.717, 1.165) is 12.1 Å². The largest absolute Gasteiger partial charge is 0.369 e. The molecule has 2 aliphatic rings. The summed E-state index contributed by atoms with van der Waals surface area (Å²) in [6, 6.07) is 7.93. The van der Waals surface area contributed by atoms with Crippen LogP contribution >= 0.6 is 0 Å². The second-order valence-electron chi connectivity index (χ2n) is 6.93. The molecule has 134 valence electrons. The zero-order chi connectivity index (χ0) is 18.0. The van der Waals surface area contributed by atoms with Gasteiger partial charge in [-0.3, -0.25) is 14.4 Å². The fourth-order valence-electron chi connectivity index (χ4n) is 3.68. The third kappa shape index (κ3) is 3.67. The summed E-state index contributed by atoms with van der Waals surface area (Å²) < 4.78 is 0. The first-order valence-corrected chi connectivity index (χ1v) is 8.97. The van der Waals surface area contributed by atoms with E-state index >= 15 is 0 Å². The van der Waals surface area contributed by atoms with E-state index in [1.54, 1.807) is 9.80 Å². The molecule has 6 nitrogen and oxygen atoms in total. The van der Waals surface area contributed by atoms with Crippen LogP contribution in [-0.4, -0.2) is 42.3 Å². The molecular formula is C19H25N3O3. The number of hydrogen-bond donors (Lipinski definition) is 1. The van der Waals surface area contributed by atoms with Crippen molar-refractivity contribution in [3.8, 4) is 0 Å². The molecule has 0 spiro atoms. The first kappa shape index (κ1) is 17.5. The molecule has 0 aromatic heterocycles. The van der Waals surface area contributed by atoms with Crippen molar-refractivity contribution in [2.75, 3.05) is 24.5 Å². The summed E-state index contributed by atoms with van der Waals surface area (Å²) in [7, 11) is 0. The van der Waals surface area contributed by atoms with Gasteiger partial charge in [0.1, 0.15) is 0 Å². The summed E-state index contributed by atoms with van der Waals surface area (Å²) in [5.41, 5.74) is 7.41. The number of hydrogen-bond acceptors (Lipinski definition) is 3. The molecule has 3 rings (SSSR count). The fourth-order valence-corrected chi connectivity index (χ4v) is 3.68. The first-order chi connectivity index (χ1) is 12.0. The van der Waals surface area contributed by atoms with Crippen molar-refractivity contribution in [2.45, 2.75) is 32.6 Å². The van der Waals surface area contributed by atoms with Gasteiger partial charge in [0.2, 0.25) is 17.7 Å². The minimum atomic E-state index is -0.302. The topological polar surface area (TPSA) is 83.7 Å². The average Bonchev–Trinajstić information content (AvgIpc) is 3.03. The Bertz CT molecular complexity index is 663. The monoisotopic (exact) mass is 343 g/mol. The van der Waals surface area contributed by atoms with Crippen LogP contribution in [0.1, 0.15) is 31.7 Å². The van der Waals surface area contributed by atoms with Crippen LogP contribution < -0.4 is 10.6 Å². The fraction of sp³-hybridized carbons (Fsp3) is 0.526. The number of piperidine rings is 1. The third-order valence-corrected chi connectivity index (χ3v) is 5.34. The summed E-state index contributed by atoms with van der Waals surface area (Å²) >= 11 is 0. The van der Waals surface area contributed by atoms with E-state index in [9.17, 15) is 14.4 Å². The lowest BCUT2D eigenvalue weighted by molar-refractivity contribution is -0.138. The van der Waals surface area contributed by atoms with E-state index in [0.29, 0.717) is 32.5 Å². The molecule has 25 heavy (non-hydrogen) atoms. The van der Waals surface area contributed by atoms with E-state index in [2.05, 4.69) is 6.92 Å². The molecule has 2 N–H and O–H groups in total. The van der Waals surface area contributed by atoms with Gasteiger partial charge in [0.25, 0.3) is 0 Å². The van der Waals surface area contributed by atoms with Crippen LogP contribution in [0, 0.1) is 11.8 Å². The van der Waals surface area contributed by atoms with Gasteiger partial charge in [-0.15, -0.1) is 0 Å². The Hall–Kier alpha value is -2.37. The van der Waals surface area contributed by atoms with Gasteiger partial charge >= 0.3 is 0 Å². The molecule has 0 radical (unpaired) electrons. The Morgan fingerprint density at radius 1 is 1.12 bits per heavy atom. The Labute approximate surface area is 148 Å². The molecule has 2 saturated heterocycles. The van der Waals surface area contributed by atoms with E-state index < -0.39 is 0 Å². The highest BCUT2D eigenvalue weighted by molar-refractivity contribution is 6.00. The lowest BCUT2D eigenvalue weighted by Gasteiger charge is -2.32. The Morgan fingerprint density at radius 2 is 1.76 bits per heavy atom. The van der Waals surface area contributed by atoms with Crippen LogP contribution in [0.3, 0.4) is 0 Å². The number of nitrogens with two attached hydrogens (primary N) is 1. The zero-order valence-electron chi connectivity index (χ0n) is 14.6. The van der Waals surface area contributed by atoms with E-state index in [1.807, 2.05) is 24.3 Å². The normalized spacial score (nSPS) is 21.6. The van der Waals surface area contributed by atoms with Crippen molar-refractivity contribution in [2.24, 2.45) is 17.6 Å². The van der Waals surface area contributed by atoms with Crippen LogP contribution in [-0.2, 0) is 20.8 Å². The van der Waals surface area contributed by atoms with Crippen molar-refractivity contribution >= 4 is 23.4 Å². The molecule has 0 unspecified atom stereocenters. The number of anilines is 1. The highest BCUT2D eigenvalue weighted by Gasteiger charge is 2.38. The van der Waals surface area contributed by atoms with Gasteiger partial charge in [-0.25, -0.2) is 0 Å². The minimum absolute atomic E-state index is 0.00498. The van der Waals surface area contributed by atoms with Gasteiger partial charge in [-0.2, -0.15) is 0 Å². The zero-order valence-corrected chi connectivity index (χ0v) is 14.6. The van der Waals surface area contributed by atoms with Gasteiger partial charge in [0.15, 0.2) is 0 Å². The second kappa shape index (κ2) is 7.25. The number of carbonyl (C=O) groups excluding carboxylic acids is 3. The van der Waals surface area contributed by atoms with Crippen LogP contribution in [0.15, 0.2) is 24.3 Å². The first-order valence-electron chi connectivity index (χ1n) is 8.97. The molecule has 2 fully saturated rings. The third-order valence-electron chi connectivity index (χ3n) is 5.34. The Kier molecular flexibility index (Phi) is 5.06. The van der Waals surface area contributed by atoms with Crippen LogP contribution in [0.25, 0.3) is 0 Å². The number of benzene rings is 1. The van der Waals surface area contributed by atoms with Crippen molar-refractivity contribution in [1.29, 1.82) is 0 Å². The quantitative estimate of drug-likeness (QED) is 0.895. The maximum atomic E-state index is 12.7. The number of amides is 3. The number of rotatable bonds is 4. The van der Waals surface area contributed by atoms with Crippen LogP contribution in [0.4, 0.5) is 5.69 Å². The summed E-state index contributed by atoms with van der Waals surface area (Å²) in [4.78, 5) is 39.8. The van der Waals surface area contributed by atoms with Crippen LogP contribution in [0.2, 0.25) is 0 Å². The summed E-state index contributed by atoms with van der Waals surface area (Å²) in [5, 5.41) is 0. The smallest absolute Gasteiger partial charge is 0.228 e. The Morgan fingerprint density at radius 3 is 2.32 bits per heavy atom. The van der Waals surface area contributed by atoms with E-state index in [4.69, 9.17) is 5.73 Å². The van der Waals surface area contributed by atoms with Crippen molar-refractivity contribution in [3.63, 3.8) is 0 Å². The molecule has 2 aliphatic heterocycles. The van der Waals surface area contributed by atoms with Crippen molar-refractivity contribution in [3.05, 3.63) is 29.8 Å².